The van der Waals surface area contributed by atoms with E-state index in [0.29, 0.717) is 24.0 Å². The lowest BCUT2D eigenvalue weighted by Crippen LogP contribution is -2.10. The van der Waals surface area contributed by atoms with Gasteiger partial charge in [0.25, 0.3) is 0 Å². The second-order valence-corrected chi connectivity index (χ2v) is 6.96. The quantitative estimate of drug-likeness (QED) is 0.658. The first-order valence-electron chi connectivity index (χ1n) is 8.31. The van der Waals surface area contributed by atoms with Crippen LogP contribution in [0.4, 0.5) is 0 Å². The number of rotatable bonds is 7. The first-order chi connectivity index (χ1) is 9.92. The lowest BCUT2D eigenvalue weighted by Gasteiger charge is -2.20. The molecule has 0 saturated carbocycles. The van der Waals surface area contributed by atoms with E-state index in [1.54, 1.807) is 0 Å². The highest BCUT2D eigenvalue weighted by molar-refractivity contribution is 5.45. The smallest absolute Gasteiger partial charge is 0.125 e. The highest BCUT2D eigenvalue weighted by Gasteiger charge is 2.38. The molecule has 1 aliphatic heterocycles. The predicted octanol–water partition coefficient (Wildman–Crippen LogP) is 5.01. The molecule has 1 aromatic rings. The molecule has 0 aliphatic carbocycles. The molecule has 0 amide bonds. The first kappa shape index (κ1) is 16.4. The van der Waals surface area contributed by atoms with Gasteiger partial charge in [0.15, 0.2) is 0 Å². The molecule has 1 saturated heterocycles. The van der Waals surface area contributed by atoms with Crippen molar-refractivity contribution in [3.63, 3.8) is 0 Å². The number of benzene rings is 1. The first-order valence-corrected chi connectivity index (χ1v) is 8.31. The van der Waals surface area contributed by atoms with Crippen LogP contribution in [-0.2, 0) is 4.74 Å². The minimum Gasteiger partial charge on any atom is -0.493 e. The Morgan fingerprint density at radius 1 is 1.14 bits per heavy atom. The van der Waals surface area contributed by atoms with E-state index in [-0.39, 0.29) is 0 Å². The van der Waals surface area contributed by atoms with E-state index in [0.717, 1.165) is 25.2 Å². The van der Waals surface area contributed by atoms with E-state index in [9.17, 15) is 0 Å². The van der Waals surface area contributed by atoms with Crippen molar-refractivity contribution in [2.75, 3.05) is 6.61 Å². The third kappa shape index (κ3) is 4.23. The van der Waals surface area contributed by atoms with Gasteiger partial charge in [-0.05, 0) is 49.7 Å². The normalized spacial score (nSPS) is 22.4. The lowest BCUT2D eigenvalue weighted by atomic mass is 9.91. The number of aryl methyl sites for hydroxylation is 2. The van der Waals surface area contributed by atoms with E-state index in [1.165, 1.54) is 16.7 Å². The van der Waals surface area contributed by atoms with Crippen molar-refractivity contribution in [2.45, 2.75) is 72.5 Å². The molecule has 0 aromatic heterocycles. The summed E-state index contributed by atoms with van der Waals surface area (Å²) in [5, 5.41) is 0. The molecule has 118 valence electrons. The zero-order valence-corrected chi connectivity index (χ0v) is 14.4. The minimum absolute atomic E-state index is 0.448. The van der Waals surface area contributed by atoms with Crippen molar-refractivity contribution in [3.8, 4) is 5.75 Å². The fourth-order valence-corrected chi connectivity index (χ4v) is 3.02. The number of hydrogen-bond acceptors (Lipinski definition) is 2. The maximum Gasteiger partial charge on any atom is 0.125 e. The van der Waals surface area contributed by atoms with Crippen LogP contribution in [0.25, 0.3) is 0 Å². The summed E-state index contributed by atoms with van der Waals surface area (Å²) >= 11 is 0. The number of hydrogen-bond donors (Lipinski definition) is 0. The van der Waals surface area contributed by atoms with Gasteiger partial charge in [0.1, 0.15) is 5.75 Å². The van der Waals surface area contributed by atoms with E-state index in [1.807, 2.05) is 0 Å². The van der Waals surface area contributed by atoms with Crippen LogP contribution in [0.15, 0.2) is 12.1 Å². The molecule has 2 nitrogen and oxygen atoms in total. The van der Waals surface area contributed by atoms with Gasteiger partial charge >= 0.3 is 0 Å². The Hall–Kier alpha value is -1.02. The molecular formula is C19H30O2. The predicted molar refractivity (Wildman–Crippen MR) is 88.2 cm³/mol. The summed E-state index contributed by atoms with van der Waals surface area (Å²) in [5.41, 5.74) is 3.91. The molecule has 3 unspecified atom stereocenters. The largest absolute Gasteiger partial charge is 0.493 e. The minimum atomic E-state index is 0.448. The zero-order chi connectivity index (χ0) is 15.6. The standard InChI is InChI=1S/C19H30O2/c1-7-17-18(21-17)10-14(5)16-9-13(4)8-15(6)19(16)20-11-12(2)3/h8-9,12,14,17-18H,7,10-11H2,1-6H3. The average Bonchev–Trinajstić information content (AvgIpc) is 3.14. The van der Waals surface area contributed by atoms with Crippen molar-refractivity contribution in [1.82, 2.24) is 0 Å². The van der Waals surface area contributed by atoms with Crippen molar-refractivity contribution in [2.24, 2.45) is 5.92 Å². The monoisotopic (exact) mass is 290 g/mol. The Bertz CT molecular complexity index is 479. The van der Waals surface area contributed by atoms with E-state index >= 15 is 0 Å². The Morgan fingerprint density at radius 2 is 1.86 bits per heavy atom. The summed E-state index contributed by atoms with van der Waals surface area (Å²) < 4.78 is 11.8. The molecule has 1 heterocycles. The van der Waals surface area contributed by atoms with Gasteiger partial charge in [-0.3, -0.25) is 0 Å². The SMILES string of the molecule is CCC1OC1CC(C)c1cc(C)cc(C)c1OCC(C)C. The summed E-state index contributed by atoms with van der Waals surface area (Å²) in [4.78, 5) is 0. The second-order valence-electron chi connectivity index (χ2n) is 6.96. The molecular weight excluding hydrogens is 260 g/mol. The van der Waals surface area contributed by atoms with Crippen molar-refractivity contribution in [1.29, 1.82) is 0 Å². The van der Waals surface area contributed by atoms with Gasteiger partial charge in [-0.1, -0.05) is 45.4 Å². The third-order valence-corrected chi connectivity index (χ3v) is 4.22. The summed E-state index contributed by atoms with van der Waals surface area (Å²) in [7, 11) is 0. The number of epoxide rings is 1. The molecule has 21 heavy (non-hydrogen) atoms. The van der Waals surface area contributed by atoms with Crippen LogP contribution in [0.3, 0.4) is 0 Å². The van der Waals surface area contributed by atoms with Crippen LogP contribution < -0.4 is 4.74 Å². The highest BCUT2D eigenvalue weighted by atomic mass is 16.6. The Morgan fingerprint density at radius 3 is 2.43 bits per heavy atom. The molecule has 1 aromatic carbocycles. The number of ether oxygens (including phenoxy) is 2. The van der Waals surface area contributed by atoms with Crippen molar-refractivity contribution >= 4 is 0 Å². The van der Waals surface area contributed by atoms with E-state index in [2.05, 4.69) is 53.7 Å². The molecule has 0 N–H and O–H groups in total. The third-order valence-electron chi connectivity index (χ3n) is 4.22. The van der Waals surface area contributed by atoms with Crippen LogP contribution in [-0.4, -0.2) is 18.8 Å². The maximum absolute atomic E-state index is 6.12. The molecule has 2 heteroatoms. The molecule has 0 radical (unpaired) electrons. The van der Waals surface area contributed by atoms with Gasteiger partial charge in [0.2, 0.25) is 0 Å². The molecule has 1 fully saturated rings. The molecule has 1 aliphatic rings. The van der Waals surface area contributed by atoms with Crippen LogP contribution in [0.2, 0.25) is 0 Å². The molecule has 0 bridgehead atoms. The molecule has 2 rings (SSSR count). The summed E-state index contributed by atoms with van der Waals surface area (Å²) in [6, 6.07) is 4.50. The molecule has 0 spiro atoms. The van der Waals surface area contributed by atoms with Gasteiger partial charge in [-0.15, -0.1) is 0 Å². The van der Waals surface area contributed by atoms with Gasteiger partial charge in [-0.2, -0.15) is 0 Å². The Kier molecular flexibility index (Phi) is 5.32. The topological polar surface area (TPSA) is 21.8 Å². The zero-order valence-electron chi connectivity index (χ0n) is 14.4. The summed E-state index contributed by atoms with van der Waals surface area (Å²) in [5.74, 6) is 2.12. The van der Waals surface area contributed by atoms with E-state index in [4.69, 9.17) is 9.47 Å². The second kappa shape index (κ2) is 6.83. The summed E-state index contributed by atoms with van der Waals surface area (Å²) in [6.07, 6.45) is 3.16. The van der Waals surface area contributed by atoms with Crippen LogP contribution in [0.1, 0.15) is 63.1 Å². The van der Waals surface area contributed by atoms with Gasteiger partial charge in [0.05, 0.1) is 18.8 Å². The van der Waals surface area contributed by atoms with Gasteiger partial charge < -0.3 is 9.47 Å². The molecule has 3 atom stereocenters. The lowest BCUT2D eigenvalue weighted by molar-refractivity contribution is 0.264. The Labute approximate surface area is 129 Å². The van der Waals surface area contributed by atoms with Crippen LogP contribution in [0.5, 0.6) is 5.75 Å². The fourth-order valence-electron chi connectivity index (χ4n) is 3.02. The van der Waals surface area contributed by atoms with Gasteiger partial charge in [-0.25, -0.2) is 0 Å². The van der Waals surface area contributed by atoms with Crippen molar-refractivity contribution < 1.29 is 9.47 Å². The average molecular weight is 290 g/mol. The fraction of sp³-hybridized carbons (Fsp3) is 0.684. The van der Waals surface area contributed by atoms with Crippen LogP contribution >= 0.6 is 0 Å². The summed E-state index contributed by atoms with van der Waals surface area (Å²) in [6.45, 7) is 14.0. The maximum atomic E-state index is 6.12. The van der Waals surface area contributed by atoms with Crippen LogP contribution in [0, 0.1) is 19.8 Å². The Balaban J connectivity index is 2.15. The van der Waals surface area contributed by atoms with E-state index < -0.39 is 0 Å². The van der Waals surface area contributed by atoms with Crippen molar-refractivity contribution in [3.05, 3.63) is 28.8 Å². The van der Waals surface area contributed by atoms with Gasteiger partial charge in [0, 0.05) is 0 Å². The highest BCUT2D eigenvalue weighted by Crippen LogP contribution is 2.39.